The summed E-state index contributed by atoms with van der Waals surface area (Å²) in [6.45, 7) is 0.185. The second-order valence-corrected chi connectivity index (χ2v) is 5.00. The van der Waals surface area contributed by atoms with Crippen molar-refractivity contribution in [2.24, 2.45) is 0 Å². The molecule has 2 heterocycles. The van der Waals surface area contributed by atoms with Crippen LogP contribution in [-0.4, -0.2) is 23.9 Å². The number of rotatable bonds is 2. The third kappa shape index (κ3) is 2.14. The molecule has 0 atom stereocenters. The maximum absolute atomic E-state index is 5.80. The minimum absolute atomic E-state index is 0.185. The molecule has 0 aliphatic carbocycles. The molecule has 1 aliphatic rings. The number of ether oxygens (including phenoxy) is 3. The SMILES string of the molecule is COc1cc(-c2ncc(I)c(N)n2)cc2c1OCO2. The number of anilines is 1. The third-order valence-electron chi connectivity index (χ3n) is 2.69. The number of nitrogen functional groups attached to an aromatic ring is 1. The van der Waals surface area contributed by atoms with Crippen molar-refractivity contribution in [3.05, 3.63) is 21.9 Å². The van der Waals surface area contributed by atoms with Gasteiger partial charge in [0.15, 0.2) is 17.3 Å². The predicted octanol–water partition coefficient (Wildman–Crippen LogP) is 2.07. The number of halogens is 1. The zero-order chi connectivity index (χ0) is 13.4. The van der Waals surface area contributed by atoms with E-state index in [9.17, 15) is 0 Å². The molecule has 0 saturated carbocycles. The molecule has 2 aromatic rings. The highest BCUT2D eigenvalue weighted by Gasteiger charge is 2.21. The largest absolute Gasteiger partial charge is 0.493 e. The quantitative estimate of drug-likeness (QED) is 0.815. The van der Waals surface area contributed by atoms with Crippen LogP contribution in [0, 0.1) is 3.57 Å². The van der Waals surface area contributed by atoms with Crippen LogP contribution in [0.25, 0.3) is 11.4 Å². The summed E-state index contributed by atoms with van der Waals surface area (Å²) < 4.78 is 16.8. The van der Waals surface area contributed by atoms with Gasteiger partial charge in [0, 0.05) is 11.8 Å². The Morgan fingerprint density at radius 1 is 1.37 bits per heavy atom. The molecule has 0 spiro atoms. The third-order valence-corrected chi connectivity index (χ3v) is 3.52. The van der Waals surface area contributed by atoms with E-state index in [1.807, 2.05) is 6.07 Å². The van der Waals surface area contributed by atoms with Gasteiger partial charge in [-0.1, -0.05) is 0 Å². The first kappa shape index (κ1) is 12.3. The summed E-state index contributed by atoms with van der Waals surface area (Å²) in [4.78, 5) is 8.51. The standard InChI is InChI=1S/C12H10IN3O3/c1-17-8-2-6(3-9-10(8)19-5-18-9)12-15-4-7(13)11(14)16-12/h2-4H,5H2,1H3,(H2,14,15,16). The summed E-state index contributed by atoms with van der Waals surface area (Å²) in [6.07, 6.45) is 1.68. The smallest absolute Gasteiger partial charge is 0.231 e. The first-order valence-electron chi connectivity index (χ1n) is 5.45. The van der Waals surface area contributed by atoms with Crippen LogP contribution in [0.1, 0.15) is 0 Å². The van der Waals surface area contributed by atoms with Crippen molar-refractivity contribution in [2.45, 2.75) is 0 Å². The minimum atomic E-state index is 0.185. The van der Waals surface area contributed by atoms with Crippen LogP contribution in [-0.2, 0) is 0 Å². The molecule has 6 nitrogen and oxygen atoms in total. The van der Waals surface area contributed by atoms with E-state index in [0.29, 0.717) is 28.9 Å². The van der Waals surface area contributed by atoms with Crippen LogP contribution in [0.3, 0.4) is 0 Å². The van der Waals surface area contributed by atoms with Gasteiger partial charge in [-0.2, -0.15) is 0 Å². The van der Waals surface area contributed by atoms with Crippen molar-refractivity contribution in [3.63, 3.8) is 0 Å². The molecule has 98 valence electrons. The van der Waals surface area contributed by atoms with Crippen molar-refractivity contribution in [3.8, 4) is 28.6 Å². The number of benzene rings is 1. The Morgan fingerprint density at radius 3 is 2.95 bits per heavy atom. The van der Waals surface area contributed by atoms with Crippen molar-refractivity contribution < 1.29 is 14.2 Å². The van der Waals surface area contributed by atoms with Gasteiger partial charge in [-0.05, 0) is 34.7 Å². The van der Waals surface area contributed by atoms with Crippen LogP contribution >= 0.6 is 22.6 Å². The lowest BCUT2D eigenvalue weighted by atomic mass is 10.1. The second kappa shape index (κ2) is 4.72. The van der Waals surface area contributed by atoms with E-state index >= 15 is 0 Å². The molecular weight excluding hydrogens is 361 g/mol. The van der Waals surface area contributed by atoms with Gasteiger partial charge >= 0.3 is 0 Å². The lowest BCUT2D eigenvalue weighted by Crippen LogP contribution is -1.98. The Kier molecular flexibility index (Phi) is 3.05. The molecular formula is C12H10IN3O3. The van der Waals surface area contributed by atoms with Gasteiger partial charge in [-0.15, -0.1) is 0 Å². The number of hydrogen-bond donors (Lipinski definition) is 1. The molecule has 7 heteroatoms. The highest BCUT2D eigenvalue weighted by molar-refractivity contribution is 14.1. The lowest BCUT2D eigenvalue weighted by Gasteiger charge is -2.08. The van der Waals surface area contributed by atoms with Gasteiger partial charge in [-0.3, -0.25) is 0 Å². The normalized spacial score (nSPS) is 12.5. The molecule has 0 unspecified atom stereocenters. The molecule has 0 radical (unpaired) electrons. The molecule has 0 fully saturated rings. The van der Waals surface area contributed by atoms with E-state index in [0.717, 1.165) is 9.13 Å². The van der Waals surface area contributed by atoms with Gasteiger partial charge in [0.1, 0.15) is 5.82 Å². The summed E-state index contributed by atoms with van der Waals surface area (Å²) in [7, 11) is 1.57. The Hall–Kier alpha value is -1.77. The van der Waals surface area contributed by atoms with E-state index < -0.39 is 0 Å². The number of nitrogens with zero attached hydrogens (tertiary/aromatic N) is 2. The zero-order valence-corrected chi connectivity index (χ0v) is 12.2. The van der Waals surface area contributed by atoms with Crippen molar-refractivity contribution in [2.75, 3.05) is 19.6 Å². The molecule has 0 saturated heterocycles. The number of aromatic nitrogens is 2. The van der Waals surface area contributed by atoms with E-state index in [4.69, 9.17) is 19.9 Å². The Labute approximate surface area is 123 Å². The van der Waals surface area contributed by atoms with E-state index in [-0.39, 0.29) is 6.79 Å². The summed E-state index contributed by atoms with van der Waals surface area (Å²) >= 11 is 2.08. The van der Waals surface area contributed by atoms with Crippen molar-refractivity contribution in [1.29, 1.82) is 0 Å². The highest BCUT2D eigenvalue weighted by Crippen LogP contribution is 2.43. The Balaban J connectivity index is 2.12. The maximum atomic E-state index is 5.80. The topological polar surface area (TPSA) is 79.5 Å². The van der Waals surface area contributed by atoms with Gasteiger partial charge in [0.05, 0.1) is 10.7 Å². The minimum Gasteiger partial charge on any atom is -0.493 e. The lowest BCUT2D eigenvalue weighted by molar-refractivity contribution is 0.171. The van der Waals surface area contributed by atoms with Crippen LogP contribution < -0.4 is 19.9 Å². The average Bonchev–Trinajstić information content (AvgIpc) is 2.89. The maximum Gasteiger partial charge on any atom is 0.231 e. The molecule has 3 rings (SSSR count). The molecule has 19 heavy (non-hydrogen) atoms. The Bertz CT molecular complexity index is 648. The molecule has 2 N–H and O–H groups in total. The summed E-state index contributed by atoms with van der Waals surface area (Å²) in [6, 6.07) is 3.61. The molecule has 1 aliphatic heterocycles. The van der Waals surface area contributed by atoms with Crippen LogP contribution in [0.4, 0.5) is 5.82 Å². The fourth-order valence-electron chi connectivity index (χ4n) is 1.78. The summed E-state index contributed by atoms with van der Waals surface area (Å²) in [5.41, 5.74) is 6.56. The summed E-state index contributed by atoms with van der Waals surface area (Å²) in [5, 5.41) is 0. The van der Waals surface area contributed by atoms with Crippen LogP contribution in [0.2, 0.25) is 0 Å². The average molecular weight is 371 g/mol. The van der Waals surface area contributed by atoms with Gasteiger partial charge in [-0.25, -0.2) is 9.97 Å². The zero-order valence-electron chi connectivity index (χ0n) is 10.0. The molecule has 0 amide bonds. The first-order valence-corrected chi connectivity index (χ1v) is 6.53. The van der Waals surface area contributed by atoms with Crippen molar-refractivity contribution in [1.82, 2.24) is 9.97 Å². The number of nitrogens with two attached hydrogens (primary N) is 1. The second-order valence-electron chi connectivity index (χ2n) is 3.84. The fourth-order valence-corrected chi connectivity index (χ4v) is 2.04. The number of fused-ring (bicyclic) bond motifs is 1. The monoisotopic (exact) mass is 371 g/mol. The van der Waals surface area contributed by atoms with Crippen molar-refractivity contribution >= 4 is 28.4 Å². The highest BCUT2D eigenvalue weighted by atomic mass is 127. The van der Waals surface area contributed by atoms with Gasteiger partial charge in [0.25, 0.3) is 0 Å². The summed E-state index contributed by atoms with van der Waals surface area (Å²) in [5.74, 6) is 2.78. The Morgan fingerprint density at radius 2 is 2.21 bits per heavy atom. The van der Waals surface area contributed by atoms with Crippen LogP contribution in [0.5, 0.6) is 17.2 Å². The molecule has 1 aromatic heterocycles. The molecule has 0 bridgehead atoms. The predicted molar refractivity (Wildman–Crippen MR) is 77.3 cm³/mol. The van der Waals surface area contributed by atoms with E-state index in [1.54, 1.807) is 19.4 Å². The number of methoxy groups -OCH3 is 1. The molecule has 1 aromatic carbocycles. The van der Waals surface area contributed by atoms with Crippen LogP contribution in [0.15, 0.2) is 18.3 Å². The van der Waals surface area contributed by atoms with Gasteiger partial charge < -0.3 is 19.9 Å². The first-order chi connectivity index (χ1) is 9.19. The number of hydrogen-bond acceptors (Lipinski definition) is 6. The fraction of sp³-hybridized carbons (Fsp3) is 0.167. The van der Waals surface area contributed by atoms with Gasteiger partial charge in [0.2, 0.25) is 12.5 Å². The van der Waals surface area contributed by atoms with E-state index in [2.05, 4.69) is 32.6 Å². The van der Waals surface area contributed by atoms with E-state index in [1.165, 1.54) is 0 Å².